The smallest absolute Gasteiger partial charge is 0.363 e. The molecule has 1 aromatic carbocycles. The Kier molecular flexibility index (Phi) is 4.73. The van der Waals surface area contributed by atoms with Crippen LogP contribution in [0.2, 0.25) is 0 Å². The number of thiophene rings is 1. The van der Waals surface area contributed by atoms with E-state index in [-0.39, 0.29) is 15.3 Å². The van der Waals surface area contributed by atoms with E-state index >= 15 is 0 Å². The van der Waals surface area contributed by atoms with Gasteiger partial charge in [-0.25, -0.2) is 9.18 Å². The van der Waals surface area contributed by atoms with Crippen LogP contribution in [0.1, 0.15) is 21.3 Å². The maximum absolute atomic E-state index is 13.9. The van der Waals surface area contributed by atoms with Crippen molar-refractivity contribution >= 4 is 23.2 Å². The van der Waals surface area contributed by atoms with Gasteiger partial charge in [0.25, 0.3) is 5.72 Å². The molecule has 3 atom stereocenters. The van der Waals surface area contributed by atoms with Crippen LogP contribution in [0.15, 0.2) is 41.8 Å². The molecule has 144 valence electrons. The first-order chi connectivity index (χ1) is 12.6. The number of nitrogens with zero attached hydrogens (tertiary/aromatic N) is 1. The highest BCUT2D eigenvalue weighted by Crippen LogP contribution is 2.47. The van der Waals surface area contributed by atoms with Crippen molar-refractivity contribution in [1.82, 2.24) is 10.2 Å². The molecule has 1 aliphatic rings. The zero-order chi connectivity index (χ0) is 20.0. The van der Waals surface area contributed by atoms with Crippen molar-refractivity contribution in [2.45, 2.75) is 17.9 Å². The van der Waals surface area contributed by atoms with Crippen molar-refractivity contribution in [1.29, 1.82) is 0 Å². The fourth-order valence-corrected chi connectivity index (χ4v) is 3.83. The monoisotopic (exact) mass is 402 g/mol. The van der Waals surface area contributed by atoms with E-state index in [1.165, 1.54) is 17.5 Å². The molecule has 0 aliphatic carbocycles. The van der Waals surface area contributed by atoms with Gasteiger partial charge in [0.05, 0.1) is 10.9 Å². The van der Waals surface area contributed by atoms with Gasteiger partial charge in [-0.1, -0.05) is 18.2 Å². The summed E-state index contributed by atoms with van der Waals surface area (Å²) in [5.41, 5.74) is -3.68. The molecule has 0 spiro atoms. The normalized spacial score (nSPS) is 26.0. The van der Waals surface area contributed by atoms with E-state index < -0.39 is 41.5 Å². The number of hydrogen-bond acceptors (Lipinski definition) is 4. The molecule has 1 aliphatic heterocycles. The first-order valence-corrected chi connectivity index (χ1v) is 8.62. The summed E-state index contributed by atoms with van der Waals surface area (Å²) in [6.07, 6.45) is -5.31. The van der Waals surface area contributed by atoms with Crippen LogP contribution in [0.3, 0.4) is 0 Å². The Bertz CT molecular complexity index is 854. The van der Waals surface area contributed by atoms with Crippen molar-refractivity contribution in [3.8, 4) is 0 Å². The van der Waals surface area contributed by atoms with Crippen LogP contribution in [0, 0.1) is 11.7 Å². The number of alkyl halides is 3. The standard InChI is InChI=1S/C17H14F4N2O3S/c1-23-15(25)22-13(9-4-6-10(18)7-5-9)12(16(23,26)17(19,20)21)14(24)11-3-2-8-27-11/h2-8,12-13,26H,1H3,(H,22,25)/t12-,13-,16+/m0/s1. The Morgan fingerprint density at radius 3 is 2.41 bits per heavy atom. The van der Waals surface area contributed by atoms with Crippen molar-refractivity contribution in [2.75, 3.05) is 7.05 Å². The Morgan fingerprint density at radius 1 is 1.26 bits per heavy atom. The number of hydrogen-bond donors (Lipinski definition) is 2. The lowest BCUT2D eigenvalue weighted by molar-refractivity contribution is -0.322. The summed E-state index contributed by atoms with van der Waals surface area (Å²) in [6.45, 7) is 0. The van der Waals surface area contributed by atoms with Crippen LogP contribution in [0.5, 0.6) is 0 Å². The summed E-state index contributed by atoms with van der Waals surface area (Å²) >= 11 is 0.919. The zero-order valence-electron chi connectivity index (χ0n) is 13.8. The van der Waals surface area contributed by atoms with Crippen molar-refractivity contribution in [2.24, 2.45) is 5.92 Å². The summed E-state index contributed by atoms with van der Waals surface area (Å²) in [7, 11) is 0.762. The third-order valence-corrected chi connectivity index (χ3v) is 5.44. The average molecular weight is 402 g/mol. The minimum atomic E-state index is -5.31. The molecule has 2 heterocycles. The molecular weight excluding hydrogens is 388 g/mol. The molecule has 0 saturated carbocycles. The Balaban J connectivity index is 2.19. The molecular formula is C17H14F4N2O3S. The average Bonchev–Trinajstić information content (AvgIpc) is 3.13. The highest BCUT2D eigenvalue weighted by molar-refractivity contribution is 7.12. The molecule has 5 nitrogen and oxygen atoms in total. The quantitative estimate of drug-likeness (QED) is 0.611. The summed E-state index contributed by atoms with van der Waals surface area (Å²) in [6, 6.07) is 4.44. The van der Waals surface area contributed by atoms with Gasteiger partial charge in [0, 0.05) is 7.05 Å². The Morgan fingerprint density at radius 2 is 1.89 bits per heavy atom. The number of carbonyl (C=O) groups excluding carboxylic acids is 2. The lowest BCUT2D eigenvalue weighted by Gasteiger charge is -2.49. The Hall–Kier alpha value is -2.46. The second-order valence-electron chi connectivity index (χ2n) is 6.08. The Labute approximate surface area is 155 Å². The predicted molar refractivity (Wildman–Crippen MR) is 88.6 cm³/mol. The zero-order valence-corrected chi connectivity index (χ0v) is 14.6. The van der Waals surface area contributed by atoms with E-state index in [2.05, 4.69) is 5.32 Å². The highest BCUT2D eigenvalue weighted by atomic mass is 32.1. The van der Waals surface area contributed by atoms with Crippen LogP contribution >= 0.6 is 11.3 Å². The van der Waals surface area contributed by atoms with Gasteiger partial charge in [-0.05, 0) is 29.1 Å². The fraction of sp³-hybridized carbons (Fsp3) is 0.294. The molecule has 1 saturated heterocycles. The molecule has 0 bridgehead atoms. The number of halogens is 4. The first-order valence-electron chi connectivity index (χ1n) is 7.74. The van der Waals surface area contributed by atoms with Crippen LogP contribution in [0.25, 0.3) is 0 Å². The summed E-state index contributed by atoms with van der Waals surface area (Å²) in [5, 5.41) is 14.4. The van der Waals surface area contributed by atoms with Crippen molar-refractivity contribution < 1.29 is 32.3 Å². The molecule has 0 unspecified atom stereocenters. The van der Waals surface area contributed by atoms with Gasteiger partial charge in [0.2, 0.25) is 0 Å². The lowest BCUT2D eigenvalue weighted by atomic mass is 9.78. The third kappa shape index (κ3) is 3.08. The van der Waals surface area contributed by atoms with E-state index in [9.17, 15) is 32.3 Å². The van der Waals surface area contributed by atoms with Gasteiger partial charge < -0.3 is 10.4 Å². The van der Waals surface area contributed by atoms with Crippen LogP contribution in [0.4, 0.5) is 22.4 Å². The molecule has 2 amide bonds. The van der Waals surface area contributed by atoms with Gasteiger partial charge in [-0.2, -0.15) is 13.2 Å². The number of aliphatic hydroxyl groups is 1. The maximum Gasteiger partial charge on any atom is 0.437 e. The first kappa shape index (κ1) is 19.3. The summed E-state index contributed by atoms with van der Waals surface area (Å²) in [5.74, 6) is -3.71. The van der Waals surface area contributed by atoms with Gasteiger partial charge in [0.1, 0.15) is 11.7 Å². The van der Waals surface area contributed by atoms with E-state index in [1.54, 1.807) is 0 Å². The van der Waals surface area contributed by atoms with Gasteiger partial charge in [-0.15, -0.1) is 11.3 Å². The summed E-state index contributed by atoms with van der Waals surface area (Å²) in [4.78, 5) is 25.1. The number of amides is 2. The van der Waals surface area contributed by atoms with E-state index in [1.807, 2.05) is 0 Å². The number of ketones is 1. The maximum atomic E-state index is 13.9. The second-order valence-corrected chi connectivity index (χ2v) is 7.03. The van der Waals surface area contributed by atoms with E-state index in [0.29, 0.717) is 0 Å². The largest absolute Gasteiger partial charge is 0.437 e. The number of Topliss-reactive ketones (excluding diaryl/α,β-unsaturated/α-hetero) is 1. The molecule has 3 rings (SSSR count). The number of benzene rings is 1. The summed E-state index contributed by atoms with van der Waals surface area (Å²) < 4.78 is 54.8. The fourth-order valence-electron chi connectivity index (χ4n) is 3.13. The molecule has 1 fully saturated rings. The number of nitrogens with one attached hydrogen (secondary N) is 1. The van der Waals surface area contributed by atoms with E-state index in [0.717, 1.165) is 42.6 Å². The van der Waals surface area contributed by atoms with Crippen LogP contribution in [-0.4, -0.2) is 40.8 Å². The van der Waals surface area contributed by atoms with Gasteiger partial charge in [0.15, 0.2) is 5.78 Å². The third-order valence-electron chi connectivity index (χ3n) is 4.55. The molecule has 10 heteroatoms. The molecule has 27 heavy (non-hydrogen) atoms. The van der Waals surface area contributed by atoms with Crippen molar-refractivity contribution in [3.05, 3.63) is 58.0 Å². The molecule has 2 aromatic rings. The van der Waals surface area contributed by atoms with Gasteiger partial charge in [-0.3, -0.25) is 9.69 Å². The molecule has 1 aromatic heterocycles. The highest BCUT2D eigenvalue weighted by Gasteiger charge is 2.69. The molecule has 0 radical (unpaired) electrons. The van der Waals surface area contributed by atoms with Crippen molar-refractivity contribution in [3.63, 3.8) is 0 Å². The lowest BCUT2D eigenvalue weighted by Crippen LogP contribution is -2.72. The van der Waals surface area contributed by atoms with Crippen LogP contribution < -0.4 is 5.32 Å². The number of rotatable bonds is 3. The SMILES string of the molecule is CN1C(=O)N[C@@H](c2ccc(F)cc2)[C@@H](C(=O)c2cccs2)[C@@]1(O)C(F)(F)F. The minimum Gasteiger partial charge on any atom is -0.363 e. The predicted octanol–water partition coefficient (Wildman–Crippen LogP) is 3.33. The van der Waals surface area contributed by atoms with Gasteiger partial charge >= 0.3 is 12.2 Å². The van der Waals surface area contributed by atoms with E-state index in [4.69, 9.17) is 0 Å². The number of urea groups is 1. The minimum absolute atomic E-state index is 0.000615. The second kappa shape index (κ2) is 6.61. The topological polar surface area (TPSA) is 69.6 Å². The number of carbonyl (C=O) groups is 2. The van der Waals surface area contributed by atoms with Crippen LogP contribution in [-0.2, 0) is 0 Å². The molecule has 2 N–H and O–H groups in total.